The van der Waals surface area contributed by atoms with Crippen molar-refractivity contribution < 1.29 is 19.1 Å². The third-order valence-corrected chi connectivity index (χ3v) is 6.68. The molecule has 4 bridgehead atoms. The van der Waals surface area contributed by atoms with E-state index in [9.17, 15) is 14.4 Å². The number of amides is 2. The maximum absolute atomic E-state index is 13.4. The van der Waals surface area contributed by atoms with Crippen LogP contribution in [0, 0.1) is 23.7 Å². The fraction of sp³-hybridized carbons (Fsp3) is 0.550. The molecule has 0 radical (unpaired) electrons. The second kappa shape index (κ2) is 6.41. The first-order valence-corrected chi connectivity index (χ1v) is 9.28. The summed E-state index contributed by atoms with van der Waals surface area (Å²) >= 11 is 0. The molecule has 0 spiro atoms. The van der Waals surface area contributed by atoms with E-state index in [0.29, 0.717) is 29.5 Å². The van der Waals surface area contributed by atoms with Gasteiger partial charge in [0, 0.05) is 0 Å². The monoisotopic (exact) mass is 356 g/mol. The minimum absolute atomic E-state index is 0.161. The van der Waals surface area contributed by atoms with Crippen molar-refractivity contribution in [1.29, 1.82) is 0 Å². The highest BCUT2D eigenvalue weighted by Crippen LogP contribution is 2.58. The minimum atomic E-state index is -0.877. The highest BCUT2D eigenvalue weighted by molar-refractivity contribution is 6.05. The van der Waals surface area contributed by atoms with Crippen LogP contribution in [0.2, 0.25) is 0 Å². The maximum atomic E-state index is 13.4. The topological polar surface area (TPSA) is 84.5 Å². The number of ether oxygens (including phenoxy) is 1. The van der Waals surface area contributed by atoms with Crippen molar-refractivity contribution in [3.63, 3.8) is 0 Å². The van der Waals surface area contributed by atoms with E-state index in [4.69, 9.17) is 4.74 Å². The quantitative estimate of drug-likeness (QED) is 0.626. The van der Waals surface area contributed by atoms with E-state index in [2.05, 4.69) is 10.6 Å². The van der Waals surface area contributed by atoms with Crippen molar-refractivity contribution in [2.45, 2.75) is 37.6 Å². The molecule has 0 unspecified atom stereocenters. The number of hydrogen-bond acceptors (Lipinski definition) is 4. The molecule has 0 aromatic heterocycles. The van der Waals surface area contributed by atoms with Crippen molar-refractivity contribution >= 4 is 24.0 Å². The van der Waals surface area contributed by atoms with Gasteiger partial charge in [-0.05, 0) is 67.9 Å². The lowest BCUT2D eigenvalue weighted by molar-refractivity contribution is -0.144. The molecule has 1 aromatic rings. The molecule has 0 saturated heterocycles. The fourth-order valence-electron chi connectivity index (χ4n) is 5.80. The third kappa shape index (κ3) is 2.50. The van der Waals surface area contributed by atoms with Crippen LogP contribution in [0.15, 0.2) is 24.3 Å². The lowest BCUT2D eigenvalue weighted by Gasteiger charge is -2.59. The molecule has 4 aliphatic carbocycles. The number of methoxy groups -OCH3 is 1. The van der Waals surface area contributed by atoms with Gasteiger partial charge in [0.25, 0.3) is 5.91 Å². The predicted octanol–water partition coefficient (Wildman–Crippen LogP) is 2.35. The molecular formula is C20H24N2O4. The summed E-state index contributed by atoms with van der Waals surface area (Å²) in [7, 11) is 1.31. The standard InChI is InChI=1S/C20H24N2O4/c1-26-18(24)16-4-2-3-5-17(16)22-19(25)20(21-11-23)14-7-12-6-13(9-14)10-15(20)8-12/h2-5,11-15H,6-10H2,1H3,(H,21,23)(H,22,25). The highest BCUT2D eigenvalue weighted by Gasteiger charge is 2.61. The first-order valence-electron chi connectivity index (χ1n) is 9.28. The van der Waals surface area contributed by atoms with Crippen molar-refractivity contribution in [1.82, 2.24) is 5.32 Å². The molecule has 0 atom stereocenters. The van der Waals surface area contributed by atoms with Gasteiger partial charge in [-0.15, -0.1) is 0 Å². The summed E-state index contributed by atoms with van der Waals surface area (Å²) < 4.78 is 4.81. The minimum Gasteiger partial charge on any atom is -0.465 e. The van der Waals surface area contributed by atoms with Crippen LogP contribution in [0.3, 0.4) is 0 Å². The summed E-state index contributed by atoms with van der Waals surface area (Å²) in [6.45, 7) is 0. The van der Waals surface area contributed by atoms with Crippen molar-refractivity contribution in [3.8, 4) is 0 Å². The molecule has 4 aliphatic rings. The van der Waals surface area contributed by atoms with Crippen molar-refractivity contribution in [3.05, 3.63) is 29.8 Å². The van der Waals surface area contributed by atoms with E-state index in [1.54, 1.807) is 24.3 Å². The van der Waals surface area contributed by atoms with Crippen LogP contribution in [0.25, 0.3) is 0 Å². The Morgan fingerprint density at radius 1 is 1.08 bits per heavy atom. The molecular weight excluding hydrogens is 332 g/mol. The molecule has 1 aromatic carbocycles. The number of carbonyl (C=O) groups is 3. The van der Waals surface area contributed by atoms with Crippen LogP contribution in [0.4, 0.5) is 5.69 Å². The molecule has 0 heterocycles. The van der Waals surface area contributed by atoms with Crippen LogP contribution >= 0.6 is 0 Å². The average molecular weight is 356 g/mol. The smallest absolute Gasteiger partial charge is 0.339 e. The Hall–Kier alpha value is -2.37. The van der Waals surface area contributed by atoms with Crippen LogP contribution in [0.1, 0.15) is 42.5 Å². The fourth-order valence-corrected chi connectivity index (χ4v) is 5.80. The molecule has 6 heteroatoms. The van der Waals surface area contributed by atoms with Gasteiger partial charge in [0.2, 0.25) is 6.41 Å². The lowest BCUT2D eigenvalue weighted by atomic mass is 9.48. The number of nitrogens with one attached hydrogen (secondary N) is 2. The normalized spacial score (nSPS) is 34.2. The van der Waals surface area contributed by atoms with E-state index in [1.807, 2.05) is 0 Å². The summed E-state index contributed by atoms with van der Waals surface area (Å²) in [5, 5.41) is 5.83. The summed E-state index contributed by atoms with van der Waals surface area (Å²) in [5.41, 5.74) is -0.142. The zero-order chi connectivity index (χ0) is 18.3. The van der Waals surface area contributed by atoms with Gasteiger partial charge in [-0.3, -0.25) is 9.59 Å². The zero-order valence-corrected chi connectivity index (χ0v) is 14.9. The van der Waals surface area contributed by atoms with Gasteiger partial charge in [0.1, 0.15) is 5.54 Å². The van der Waals surface area contributed by atoms with Gasteiger partial charge in [0.15, 0.2) is 0 Å². The molecule has 2 N–H and O–H groups in total. The Kier molecular flexibility index (Phi) is 4.21. The first-order chi connectivity index (χ1) is 12.6. The van der Waals surface area contributed by atoms with E-state index < -0.39 is 11.5 Å². The SMILES string of the molecule is COC(=O)c1ccccc1NC(=O)C1(NC=O)C2CC3CC(C2)CC1C3. The van der Waals surface area contributed by atoms with Crippen LogP contribution in [-0.4, -0.2) is 30.9 Å². The van der Waals surface area contributed by atoms with Crippen molar-refractivity contribution in [2.75, 3.05) is 12.4 Å². The average Bonchev–Trinajstić information content (AvgIpc) is 2.64. The van der Waals surface area contributed by atoms with E-state index >= 15 is 0 Å². The van der Waals surface area contributed by atoms with Crippen LogP contribution in [0.5, 0.6) is 0 Å². The number of para-hydroxylation sites is 1. The first kappa shape index (κ1) is 17.1. The number of esters is 1. The molecule has 2 amide bonds. The van der Waals surface area contributed by atoms with Gasteiger partial charge in [0.05, 0.1) is 18.4 Å². The highest BCUT2D eigenvalue weighted by atomic mass is 16.5. The molecule has 0 aliphatic heterocycles. The molecule has 4 fully saturated rings. The number of benzene rings is 1. The van der Waals surface area contributed by atoms with Gasteiger partial charge in [-0.1, -0.05) is 12.1 Å². The Balaban J connectivity index is 1.66. The zero-order valence-electron chi connectivity index (χ0n) is 14.9. The summed E-state index contributed by atoms with van der Waals surface area (Å²) in [6.07, 6.45) is 5.87. The number of rotatable bonds is 5. The number of hydrogen-bond donors (Lipinski definition) is 2. The van der Waals surface area contributed by atoms with Crippen molar-refractivity contribution in [2.24, 2.45) is 23.7 Å². The molecule has 6 nitrogen and oxygen atoms in total. The van der Waals surface area contributed by atoms with Crippen LogP contribution < -0.4 is 10.6 Å². The van der Waals surface area contributed by atoms with Gasteiger partial charge in [-0.2, -0.15) is 0 Å². The van der Waals surface area contributed by atoms with E-state index in [0.717, 1.165) is 25.7 Å². The van der Waals surface area contributed by atoms with Gasteiger partial charge < -0.3 is 15.4 Å². The molecule has 5 rings (SSSR count). The Labute approximate surface area is 152 Å². The summed E-state index contributed by atoms with van der Waals surface area (Å²) in [5.74, 6) is 0.963. The van der Waals surface area contributed by atoms with Gasteiger partial charge in [-0.25, -0.2) is 4.79 Å². The summed E-state index contributed by atoms with van der Waals surface area (Å²) in [4.78, 5) is 36.8. The Morgan fingerprint density at radius 2 is 1.69 bits per heavy atom. The summed E-state index contributed by atoms with van der Waals surface area (Å²) in [6, 6.07) is 6.80. The second-order valence-electron chi connectivity index (χ2n) is 7.93. The van der Waals surface area contributed by atoms with Gasteiger partial charge >= 0.3 is 5.97 Å². The largest absolute Gasteiger partial charge is 0.465 e. The second-order valence-corrected chi connectivity index (χ2v) is 7.93. The van der Waals surface area contributed by atoms with Crippen LogP contribution in [-0.2, 0) is 14.3 Å². The number of anilines is 1. The molecule has 4 saturated carbocycles. The maximum Gasteiger partial charge on any atom is 0.339 e. The third-order valence-electron chi connectivity index (χ3n) is 6.68. The molecule has 138 valence electrons. The van der Waals surface area contributed by atoms with E-state index in [1.165, 1.54) is 13.5 Å². The Morgan fingerprint density at radius 3 is 2.27 bits per heavy atom. The molecule has 26 heavy (non-hydrogen) atoms. The number of carbonyl (C=O) groups excluding carboxylic acids is 3. The Bertz CT molecular complexity index is 717. The lowest BCUT2D eigenvalue weighted by Crippen LogP contribution is -2.70. The predicted molar refractivity (Wildman–Crippen MR) is 95.4 cm³/mol. The van der Waals surface area contributed by atoms with E-state index in [-0.39, 0.29) is 17.7 Å².